The van der Waals surface area contributed by atoms with Gasteiger partial charge in [0.2, 0.25) is 0 Å². The summed E-state index contributed by atoms with van der Waals surface area (Å²) in [6.45, 7) is 0. The largest absolute Gasteiger partial charge is 0.382 e. The molecule has 0 radical (unpaired) electrons. The first-order chi connectivity index (χ1) is 7.24. The Balaban J connectivity index is 2.15. The molecule has 1 aromatic heterocycles. The first kappa shape index (κ1) is 10.1. The maximum absolute atomic E-state index is 5.46. The highest BCUT2D eigenvalue weighted by molar-refractivity contribution is 9.10. The Kier molecular flexibility index (Phi) is 2.97. The Bertz CT molecular complexity index is 393. The number of hydrogen-bond acceptors (Lipinski definition) is 3. The summed E-state index contributed by atoms with van der Waals surface area (Å²) < 4.78 is 1.08. The van der Waals surface area contributed by atoms with E-state index in [-0.39, 0.29) is 0 Å². The van der Waals surface area contributed by atoms with Gasteiger partial charge in [0.25, 0.3) is 0 Å². The van der Waals surface area contributed by atoms with Crippen molar-refractivity contribution in [2.45, 2.75) is 6.42 Å². The Morgan fingerprint density at radius 3 is 2.33 bits per heavy atom. The van der Waals surface area contributed by atoms with E-state index in [9.17, 15) is 0 Å². The number of nitrogens with zero attached hydrogens (tertiary/aromatic N) is 2. The van der Waals surface area contributed by atoms with Crippen LogP contribution in [0.2, 0.25) is 0 Å². The molecule has 0 aliphatic carbocycles. The first-order valence-electron chi connectivity index (χ1n) is 4.56. The molecule has 0 aliphatic rings. The van der Waals surface area contributed by atoms with E-state index in [1.165, 1.54) is 5.56 Å². The van der Waals surface area contributed by atoms with E-state index in [0.717, 1.165) is 16.6 Å². The lowest BCUT2D eigenvalue weighted by molar-refractivity contribution is 0.944. The van der Waals surface area contributed by atoms with E-state index in [1.54, 1.807) is 6.07 Å². The minimum atomic E-state index is 0.453. The van der Waals surface area contributed by atoms with E-state index in [2.05, 4.69) is 38.3 Å². The van der Waals surface area contributed by atoms with Gasteiger partial charge in [0.05, 0.1) is 5.69 Å². The van der Waals surface area contributed by atoms with Crippen LogP contribution in [0.3, 0.4) is 0 Å². The molecule has 76 valence electrons. The zero-order valence-corrected chi connectivity index (χ0v) is 9.61. The van der Waals surface area contributed by atoms with Crippen LogP contribution in [0.1, 0.15) is 11.3 Å². The van der Waals surface area contributed by atoms with Gasteiger partial charge in [-0.2, -0.15) is 5.10 Å². The van der Waals surface area contributed by atoms with Gasteiger partial charge < -0.3 is 5.73 Å². The molecule has 0 amide bonds. The number of hydrogen-bond donors (Lipinski definition) is 1. The fourth-order valence-corrected chi connectivity index (χ4v) is 1.54. The number of rotatable bonds is 2. The van der Waals surface area contributed by atoms with Crippen molar-refractivity contribution >= 4 is 21.7 Å². The second-order valence-corrected chi connectivity index (χ2v) is 4.17. The monoisotopic (exact) mass is 263 g/mol. The van der Waals surface area contributed by atoms with Crippen molar-refractivity contribution in [2.24, 2.45) is 0 Å². The summed E-state index contributed by atoms with van der Waals surface area (Å²) in [7, 11) is 0. The van der Waals surface area contributed by atoms with Gasteiger partial charge in [0.15, 0.2) is 0 Å². The molecule has 0 aliphatic heterocycles. The number of aromatic nitrogens is 2. The number of benzene rings is 1. The van der Waals surface area contributed by atoms with E-state index in [4.69, 9.17) is 5.73 Å². The maximum Gasteiger partial charge on any atom is 0.146 e. The van der Waals surface area contributed by atoms with Gasteiger partial charge in [-0.3, -0.25) is 0 Å². The van der Waals surface area contributed by atoms with Gasteiger partial charge in [0.1, 0.15) is 5.82 Å². The van der Waals surface area contributed by atoms with E-state index in [0.29, 0.717) is 5.82 Å². The predicted molar refractivity (Wildman–Crippen MR) is 63.4 cm³/mol. The van der Waals surface area contributed by atoms with E-state index in [1.807, 2.05) is 18.2 Å². The van der Waals surface area contributed by atoms with Gasteiger partial charge in [0, 0.05) is 10.9 Å². The highest BCUT2D eigenvalue weighted by atomic mass is 79.9. The van der Waals surface area contributed by atoms with E-state index >= 15 is 0 Å². The molecule has 3 nitrogen and oxygen atoms in total. The van der Waals surface area contributed by atoms with Crippen molar-refractivity contribution in [3.05, 3.63) is 52.1 Å². The summed E-state index contributed by atoms with van der Waals surface area (Å²) in [5, 5.41) is 7.82. The lowest BCUT2D eigenvalue weighted by Crippen LogP contribution is -1.97. The number of halogens is 1. The molecule has 0 bridgehead atoms. The smallest absolute Gasteiger partial charge is 0.146 e. The molecule has 1 heterocycles. The summed E-state index contributed by atoms with van der Waals surface area (Å²) in [5.41, 5.74) is 7.59. The fourth-order valence-electron chi connectivity index (χ4n) is 1.28. The quantitative estimate of drug-likeness (QED) is 0.906. The van der Waals surface area contributed by atoms with Crippen LogP contribution in [0.15, 0.2) is 40.9 Å². The van der Waals surface area contributed by atoms with Crippen LogP contribution in [0.25, 0.3) is 0 Å². The fraction of sp³-hybridized carbons (Fsp3) is 0.0909. The molecule has 0 atom stereocenters. The van der Waals surface area contributed by atoms with Crippen LogP contribution in [-0.4, -0.2) is 10.2 Å². The molecule has 1 aromatic carbocycles. The van der Waals surface area contributed by atoms with Crippen molar-refractivity contribution in [1.82, 2.24) is 10.2 Å². The minimum Gasteiger partial charge on any atom is -0.382 e. The van der Waals surface area contributed by atoms with Crippen molar-refractivity contribution in [1.29, 1.82) is 0 Å². The second kappa shape index (κ2) is 4.40. The Hall–Kier alpha value is -1.42. The van der Waals surface area contributed by atoms with E-state index < -0.39 is 0 Å². The molecule has 4 heteroatoms. The third kappa shape index (κ3) is 2.76. The van der Waals surface area contributed by atoms with Gasteiger partial charge in [-0.15, -0.1) is 5.10 Å². The molecule has 0 saturated heterocycles. The van der Waals surface area contributed by atoms with Crippen molar-refractivity contribution in [3.8, 4) is 0 Å². The van der Waals surface area contributed by atoms with Crippen LogP contribution >= 0.6 is 15.9 Å². The van der Waals surface area contributed by atoms with Gasteiger partial charge in [-0.25, -0.2) is 0 Å². The highest BCUT2D eigenvalue weighted by Crippen LogP contribution is 2.13. The minimum absolute atomic E-state index is 0.453. The van der Waals surface area contributed by atoms with Gasteiger partial charge in [-0.1, -0.05) is 28.1 Å². The third-order valence-electron chi connectivity index (χ3n) is 2.04. The Morgan fingerprint density at radius 2 is 1.73 bits per heavy atom. The molecule has 2 N–H and O–H groups in total. The number of nitrogen functional groups attached to an aromatic ring is 1. The normalized spacial score (nSPS) is 10.2. The average Bonchev–Trinajstić information content (AvgIpc) is 2.25. The van der Waals surface area contributed by atoms with Crippen LogP contribution in [0.4, 0.5) is 5.82 Å². The van der Waals surface area contributed by atoms with Gasteiger partial charge in [-0.05, 0) is 29.8 Å². The molecule has 2 rings (SSSR count). The van der Waals surface area contributed by atoms with Gasteiger partial charge >= 0.3 is 0 Å². The third-order valence-corrected chi connectivity index (χ3v) is 2.57. The summed E-state index contributed by atoms with van der Waals surface area (Å²) in [6.07, 6.45) is 0.778. The molecule has 2 aromatic rings. The summed E-state index contributed by atoms with van der Waals surface area (Å²) in [4.78, 5) is 0. The second-order valence-electron chi connectivity index (χ2n) is 3.25. The predicted octanol–water partition coefficient (Wildman–Crippen LogP) is 2.41. The number of anilines is 1. The topological polar surface area (TPSA) is 51.8 Å². The van der Waals surface area contributed by atoms with Crippen LogP contribution in [0.5, 0.6) is 0 Å². The van der Waals surface area contributed by atoms with Crippen molar-refractivity contribution in [2.75, 3.05) is 5.73 Å². The molecule has 15 heavy (non-hydrogen) atoms. The standard InChI is InChI=1S/C11H10BrN3/c12-9-3-1-8(2-4-9)7-10-5-6-11(13)15-14-10/h1-6H,7H2,(H2,13,15). The number of nitrogens with two attached hydrogens (primary N) is 1. The summed E-state index contributed by atoms with van der Waals surface area (Å²) in [5.74, 6) is 0.453. The highest BCUT2D eigenvalue weighted by Gasteiger charge is 1.98. The molecular weight excluding hydrogens is 254 g/mol. The Labute approximate surface area is 96.5 Å². The average molecular weight is 264 g/mol. The molecule has 0 fully saturated rings. The lowest BCUT2D eigenvalue weighted by Gasteiger charge is -2.00. The van der Waals surface area contributed by atoms with Crippen molar-refractivity contribution in [3.63, 3.8) is 0 Å². The zero-order valence-electron chi connectivity index (χ0n) is 8.02. The summed E-state index contributed by atoms with van der Waals surface area (Å²) in [6, 6.07) is 11.8. The molecule has 0 saturated carbocycles. The van der Waals surface area contributed by atoms with Crippen LogP contribution < -0.4 is 5.73 Å². The SMILES string of the molecule is Nc1ccc(Cc2ccc(Br)cc2)nn1. The first-order valence-corrected chi connectivity index (χ1v) is 5.36. The van der Waals surface area contributed by atoms with Crippen LogP contribution in [0, 0.1) is 0 Å². The lowest BCUT2D eigenvalue weighted by atomic mass is 10.1. The molecular formula is C11H10BrN3. The zero-order chi connectivity index (χ0) is 10.7. The summed E-state index contributed by atoms with van der Waals surface area (Å²) >= 11 is 3.40. The molecule has 0 spiro atoms. The van der Waals surface area contributed by atoms with Crippen LogP contribution in [-0.2, 0) is 6.42 Å². The van der Waals surface area contributed by atoms with Crippen molar-refractivity contribution < 1.29 is 0 Å². The maximum atomic E-state index is 5.46. The molecule has 0 unspecified atom stereocenters. The Morgan fingerprint density at radius 1 is 1.00 bits per heavy atom.